The Bertz CT molecular complexity index is 365. The van der Waals surface area contributed by atoms with Crippen LogP contribution in [0.3, 0.4) is 0 Å². The lowest BCUT2D eigenvalue weighted by Crippen LogP contribution is -2.14. The highest BCUT2D eigenvalue weighted by Crippen LogP contribution is 2.36. The van der Waals surface area contributed by atoms with Gasteiger partial charge in [-0.05, 0) is 12.1 Å². The fourth-order valence-electron chi connectivity index (χ4n) is 1.08. The number of Topliss-reactive ketones (excluding diaryl/α,β-unsaturated/α-hetero) is 1. The monoisotopic (exact) mass is 215 g/mol. The molecule has 76 valence electrons. The first-order valence-electron chi connectivity index (χ1n) is 3.90. The molecule has 0 spiro atoms. The molecule has 0 saturated heterocycles. The molecule has 1 rings (SSSR count). The second kappa shape index (κ2) is 4.30. The Morgan fingerprint density at radius 3 is 2.79 bits per heavy atom. The molecule has 0 saturated carbocycles. The Balaban J connectivity index is 3.31. The molecule has 1 aromatic rings. The molecule has 0 unspecified atom stereocenters. The minimum atomic E-state index is -0.311. The van der Waals surface area contributed by atoms with E-state index in [0.717, 1.165) is 0 Å². The second-order valence-corrected chi connectivity index (χ2v) is 3.01. The van der Waals surface area contributed by atoms with Gasteiger partial charge in [0.1, 0.15) is 0 Å². The average molecular weight is 216 g/mol. The Labute approximate surface area is 86.2 Å². The number of benzene rings is 1. The number of methoxy groups -OCH3 is 1. The van der Waals surface area contributed by atoms with Crippen LogP contribution in [-0.4, -0.2) is 24.5 Å². The zero-order chi connectivity index (χ0) is 10.7. The van der Waals surface area contributed by atoms with E-state index in [1.165, 1.54) is 19.2 Å². The van der Waals surface area contributed by atoms with Crippen molar-refractivity contribution in [1.82, 2.24) is 0 Å². The first kappa shape index (κ1) is 10.8. The highest BCUT2D eigenvalue weighted by atomic mass is 35.5. The predicted octanol–water partition coefficient (Wildman–Crippen LogP) is 1.20. The highest BCUT2D eigenvalue weighted by molar-refractivity contribution is 6.32. The molecule has 3 N–H and O–H groups in total. The van der Waals surface area contributed by atoms with E-state index in [1.807, 2.05) is 0 Å². The van der Waals surface area contributed by atoms with Crippen molar-refractivity contribution < 1.29 is 14.6 Å². The van der Waals surface area contributed by atoms with Crippen LogP contribution in [0.5, 0.6) is 11.5 Å². The van der Waals surface area contributed by atoms with Crippen molar-refractivity contribution in [3.63, 3.8) is 0 Å². The van der Waals surface area contributed by atoms with Gasteiger partial charge in [0.15, 0.2) is 17.3 Å². The van der Waals surface area contributed by atoms with Crippen molar-refractivity contribution >= 4 is 17.4 Å². The van der Waals surface area contributed by atoms with Crippen LogP contribution < -0.4 is 10.5 Å². The summed E-state index contributed by atoms with van der Waals surface area (Å²) in [4.78, 5) is 11.3. The summed E-state index contributed by atoms with van der Waals surface area (Å²) < 4.78 is 4.87. The van der Waals surface area contributed by atoms with Crippen molar-refractivity contribution in [3.8, 4) is 11.5 Å². The van der Waals surface area contributed by atoms with E-state index >= 15 is 0 Å². The quantitative estimate of drug-likeness (QED) is 0.743. The van der Waals surface area contributed by atoms with E-state index in [1.54, 1.807) is 0 Å². The van der Waals surface area contributed by atoms with Crippen molar-refractivity contribution in [3.05, 3.63) is 22.7 Å². The summed E-state index contributed by atoms with van der Waals surface area (Å²) in [6.07, 6.45) is 0. The van der Waals surface area contributed by atoms with Gasteiger partial charge in [0.25, 0.3) is 0 Å². The Morgan fingerprint density at radius 2 is 2.29 bits per heavy atom. The molecule has 0 heterocycles. The molecule has 0 aliphatic heterocycles. The third-order valence-corrected chi connectivity index (χ3v) is 2.08. The topological polar surface area (TPSA) is 72.5 Å². The smallest absolute Gasteiger partial charge is 0.180 e. The number of ether oxygens (including phenoxy) is 1. The van der Waals surface area contributed by atoms with E-state index < -0.39 is 0 Å². The number of ketones is 1. The van der Waals surface area contributed by atoms with Crippen molar-refractivity contribution in [2.75, 3.05) is 13.7 Å². The van der Waals surface area contributed by atoms with Crippen LogP contribution in [0.2, 0.25) is 5.02 Å². The number of aromatic hydroxyl groups is 1. The lowest BCUT2D eigenvalue weighted by Gasteiger charge is -2.09. The molecule has 0 radical (unpaired) electrons. The van der Waals surface area contributed by atoms with E-state index in [2.05, 4.69) is 0 Å². The van der Waals surface area contributed by atoms with Crippen LogP contribution in [0, 0.1) is 0 Å². The maximum atomic E-state index is 11.3. The molecule has 0 aliphatic carbocycles. The summed E-state index contributed by atoms with van der Waals surface area (Å²) in [6, 6.07) is 2.89. The summed E-state index contributed by atoms with van der Waals surface area (Å²) in [7, 11) is 1.35. The fourth-order valence-corrected chi connectivity index (χ4v) is 1.23. The molecule has 4 nitrogen and oxygen atoms in total. The molecule has 0 amide bonds. The molecule has 0 bridgehead atoms. The third kappa shape index (κ3) is 1.81. The zero-order valence-corrected chi connectivity index (χ0v) is 8.34. The van der Waals surface area contributed by atoms with Crippen LogP contribution in [0.15, 0.2) is 12.1 Å². The number of carbonyl (C=O) groups is 1. The number of phenols is 1. The van der Waals surface area contributed by atoms with Gasteiger partial charge in [-0.2, -0.15) is 0 Å². The van der Waals surface area contributed by atoms with Gasteiger partial charge in [0.05, 0.1) is 24.2 Å². The van der Waals surface area contributed by atoms with Crippen LogP contribution in [-0.2, 0) is 0 Å². The Hall–Kier alpha value is -1.26. The summed E-state index contributed by atoms with van der Waals surface area (Å²) in [5.41, 5.74) is 5.43. The molecule has 14 heavy (non-hydrogen) atoms. The van der Waals surface area contributed by atoms with Gasteiger partial charge in [0.2, 0.25) is 0 Å². The molecule has 0 aromatic heterocycles. The maximum Gasteiger partial charge on any atom is 0.180 e. The Morgan fingerprint density at radius 1 is 1.64 bits per heavy atom. The molecule has 5 heteroatoms. The van der Waals surface area contributed by atoms with Crippen LogP contribution in [0.4, 0.5) is 0 Å². The van der Waals surface area contributed by atoms with E-state index in [0.29, 0.717) is 0 Å². The lowest BCUT2D eigenvalue weighted by atomic mass is 10.1. The number of halogens is 1. The van der Waals surface area contributed by atoms with Crippen molar-refractivity contribution in [2.24, 2.45) is 5.73 Å². The first-order valence-corrected chi connectivity index (χ1v) is 4.28. The Kier molecular flexibility index (Phi) is 3.33. The molecular formula is C9H10ClNO3. The molecule has 1 aromatic carbocycles. The van der Waals surface area contributed by atoms with Gasteiger partial charge in [0, 0.05) is 0 Å². The van der Waals surface area contributed by atoms with Gasteiger partial charge >= 0.3 is 0 Å². The SMILES string of the molecule is COc1c(C(=O)CN)ccc(Cl)c1O. The predicted molar refractivity (Wildman–Crippen MR) is 53.1 cm³/mol. The summed E-state index contributed by atoms with van der Waals surface area (Å²) in [5, 5.41) is 9.61. The highest BCUT2D eigenvalue weighted by Gasteiger charge is 2.16. The molecule has 0 aliphatic rings. The van der Waals surface area contributed by atoms with Crippen molar-refractivity contribution in [1.29, 1.82) is 0 Å². The molecular weight excluding hydrogens is 206 g/mol. The summed E-state index contributed by atoms with van der Waals surface area (Å²) in [6.45, 7) is -0.141. The minimum Gasteiger partial charge on any atom is -0.503 e. The molecule has 0 fully saturated rings. The van der Waals surface area contributed by atoms with E-state index in [9.17, 15) is 9.90 Å². The standard InChI is InChI=1S/C9H10ClNO3/c1-14-9-5(7(12)4-11)2-3-6(10)8(9)13/h2-3,13H,4,11H2,1H3. The van der Waals surface area contributed by atoms with Crippen LogP contribution >= 0.6 is 11.6 Å². The minimum absolute atomic E-state index is 0.0629. The van der Waals surface area contributed by atoms with Gasteiger partial charge in [-0.25, -0.2) is 0 Å². The zero-order valence-electron chi connectivity index (χ0n) is 7.58. The summed E-state index contributed by atoms with van der Waals surface area (Å²) >= 11 is 5.64. The first-order chi connectivity index (χ1) is 6.61. The normalized spacial score (nSPS) is 9.93. The number of phenolic OH excluding ortho intramolecular Hbond substituents is 1. The van der Waals surface area contributed by atoms with E-state index in [4.69, 9.17) is 22.1 Å². The number of carbonyl (C=O) groups excluding carboxylic acids is 1. The average Bonchev–Trinajstić information content (AvgIpc) is 2.20. The van der Waals surface area contributed by atoms with Gasteiger partial charge in [-0.3, -0.25) is 4.79 Å². The summed E-state index contributed by atoms with van der Waals surface area (Å²) in [5.74, 6) is -0.491. The van der Waals surface area contributed by atoms with Crippen molar-refractivity contribution in [2.45, 2.75) is 0 Å². The lowest BCUT2D eigenvalue weighted by molar-refractivity contribution is 0.0998. The van der Waals surface area contributed by atoms with E-state index in [-0.39, 0.29) is 34.4 Å². The molecule has 0 atom stereocenters. The second-order valence-electron chi connectivity index (χ2n) is 2.60. The van der Waals surface area contributed by atoms with Gasteiger partial charge in [-0.1, -0.05) is 11.6 Å². The van der Waals surface area contributed by atoms with Gasteiger partial charge < -0.3 is 15.6 Å². The number of hydrogen-bond donors (Lipinski definition) is 2. The van der Waals surface area contributed by atoms with Crippen LogP contribution in [0.25, 0.3) is 0 Å². The fraction of sp³-hybridized carbons (Fsp3) is 0.222. The van der Waals surface area contributed by atoms with Gasteiger partial charge in [-0.15, -0.1) is 0 Å². The largest absolute Gasteiger partial charge is 0.503 e. The number of rotatable bonds is 3. The maximum absolute atomic E-state index is 11.3. The third-order valence-electron chi connectivity index (χ3n) is 1.77. The van der Waals surface area contributed by atoms with Crippen LogP contribution in [0.1, 0.15) is 10.4 Å². The number of hydrogen-bond acceptors (Lipinski definition) is 4. The number of nitrogens with two attached hydrogens (primary N) is 1.